The van der Waals surface area contributed by atoms with E-state index in [1.165, 1.54) is 12.1 Å². The number of fused-ring (bicyclic) bond motifs is 1. The van der Waals surface area contributed by atoms with Gasteiger partial charge in [0, 0.05) is 12.1 Å². The van der Waals surface area contributed by atoms with Crippen molar-refractivity contribution in [1.82, 2.24) is 4.98 Å². The minimum atomic E-state index is -5.23. The van der Waals surface area contributed by atoms with Gasteiger partial charge in [-0.1, -0.05) is 18.2 Å². The molecule has 1 fully saturated rings. The van der Waals surface area contributed by atoms with Gasteiger partial charge in [-0.05, 0) is 90.1 Å². The van der Waals surface area contributed by atoms with Crippen molar-refractivity contribution in [2.45, 2.75) is 37.7 Å². The molecular formula is C34H30F6N2O6. The van der Waals surface area contributed by atoms with Crippen LogP contribution >= 0.6 is 0 Å². The van der Waals surface area contributed by atoms with Crippen molar-refractivity contribution in [3.8, 4) is 5.75 Å². The fourth-order valence-corrected chi connectivity index (χ4v) is 6.47. The zero-order valence-electron chi connectivity index (χ0n) is 25.0. The predicted octanol–water partition coefficient (Wildman–Crippen LogP) is 5.61. The van der Waals surface area contributed by atoms with Crippen molar-refractivity contribution < 1.29 is 56.4 Å². The van der Waals surface area contributed by atoms with Gasteiger partial charge in [-0.25, -0.2) is 4.90 Å². The molecule has 1 aliphatic carbocycles. The molecule has 5 rings (SSSR count). The smallest absolute Gasteiger partial charge is 0.416 e. The molecule has 4 atom stereocenters. The van der Waals surface area contributed by atoms with Crippen LogP contribution in [-0.4, -0.2) is 56.5 Å². The first-order valence-electron chi connectivity index (χ1n) is 14.8. The molecule has 8 nitrogen and oxygen atoms in total. The van der Waals surface area contributed by atoms with Gasteiger partial charge in [0.05, 0.1) is 53.7 Å². The standard InChI is InChI=1S/C34H30F6N2O6/c35-33(36,37)21-13-22(34(38,39)40)15-23(14-21)42-31(47)25-12-20(16-43)29(26(17-44)30(25)32(42)48)28(46)9-6-19(27-3-1-2-10-41-27)11-18-4-7-24(45)8-5-18/h1-5,7-8,10-11,13-15,25-26,28,30,43-46H,6,9,12,16-17H2/b19-11-/t25-,26+,28-,30-/m1/s1. The van der Waals surface area contributed by atoms with Crippen molar-refractivity contribution in [3.05, 3.63) is 100 Å². The second kappa shape index (κ2) is 13.5. The van der Waals surface area contributed by atoms with E-state index in [9.17, 15) is 56.4 Å². The maximum absolute atomic E-state index is 13.7. The van der Waals surface area contributed by atoms with E-state index in [2.05, 4.69) is 4.98 Å². The first-order valence-corrected chi connectivity index (χ1v) is 14.8. The van der Waals surface area contributed by atoms with Crippen LogP contribution in [0.2, 0.25) is 0 Å². The van der Waals surface area contributed by atoms with Crippen LogP contribution < -0.4 is 4.90 Å². The Morgan fingerprint density at radius 3 is 2.12 bits per heavy atom. The van der Waals surface area contributed by atoms with Gasteiger partial charge in [-0.2, -0.15) is 26.3 Å². The van der Waals surface area contributed by atoms with Crippen LogP contribution in [-0.2, 0) is 21.9 Å². The normalized spacial score (nSPS) is 21.1. The summed E-state index contributed by atoms with van der Waals surface area (Å²) in [5.74, 6) is -6.15. The van der Waals surface area contributed by atoms with Crippen LogP contribution in [0.25, 0.3) is 11.6 Å². The van der Waals surface area contributed by atoms with Crippen LogP contribution in [0.1, 0.15) is 41.6 Å². The number of carbonyl (C=O) groups excluding carboxylic acids is 2. The SMILES string of the molecule is O=C1[C@@H]2[C@@H](CC(CO)=C([C@H](O)CC/C(=C/c3ccc(O)cc3)c3ccccn3)[C@@H]2CO)C(=O)N1c1cc(C(F)(F)F)cc(C(F)(F)F)c1. The molecule has 4 N–H and O–H groups in total. The molecule has 2 amide bonds. The number of aromatic nitrogens is 1. The van der Waals surface area contributed by atoms with Crippen molar-refractivity contribution >= 4 is 29.2 Å². The summed E-state index contributed by atoms with van der Waals surface area (Å²) in [6, 6.07) is 12.0. The molecule has 1 saturated heterocycles. The molecular weight excluding hydrogens is 646 g/mol. The van der Waals surface area contributed by atoms with Crippen LogP contribution in [0, 0.1) is 17.8 Å². The summed E-state index contributed by atoms with van der Waals surface area (Å²) in [6.45, 7) is -1.50. The Morgan fingerprint density at radius 1 is 0.938 bits per heavy atom. The summed E-state index contributed by atoms with van der Waals surface area (Å²) < 4.78 is 81.4. The average Bonchev–Trinajstić information content (AvgIpc) is 3.30. The first kappa shape index (κ1) is 34.8. The van der Waals surface area contributed by atoms with E-state index >= 15 is 0 Å². The quantitative estimate of drug-likeness (QED) is 0.132. The molecule has 1 aromatic heterocycles. The van der Waals surface area contributed by atoms with Gasteiger partial charge < -0.3 is 20.4 Å². The van der Waals surface area contributed by atoms with Crippen molar-refractivity contribution in [2.24, 2.45) is 17.8 Å². The Balaban J connectivity index is 1.46. The van der Waals surface area contributed by atoms with E-state index in [4.69, 9.17) is 0 Å². The Labute approximate surface area is 270 Å². The summed E-state index contributed by atoms with van der Waals surface area (Å²) >= 11 is 0. The highest BCUT2D eigenvalue weighted by Crippen LogP contribution is 2.48. The number of carbonyl (C=O) groups is 2. The van der Waals surface area contributed by atoms with E-state index in [1.807, 2.05) is 0 Å². The summed E-state index contributed by atoms with van der Waals surface area (Å²) in [4.78, 5) is 31.9. The van der Waals surface area contributed by atoms with Gasteiger partial charge in [0.15, 0.2) is 0 Å². The number of aliphatic hydroxyl groups excluding tert-OH is 3. The predicted molar refractivity (Wildman–Crippen MR) is 161 cm³/mol. The van der Waals surface area contributed by atoms with E-state index < -0.39 is 78.1 Å². The maximum Gasteiger partial charge on any atom is 0.416 e. The number of pyridine rings is 1. The number of anilines is 1. The van der Waals surface area contributed by atoms with Gasteiger partial charge in [-0.15, -0.1) is 0 Å². The summed E-state index contributed by atoms with van der Waals surface area (Å²) in [6.07, 6.45) is -8.60. The number of halogens is 6. The van der Waals surface area contributed by atoms with E-state index in [-0.39, 0.29) is 59.3 Å². The molecule has 1 aliphatic heterocycles. The number of hydrogen-bond acceptors (Lipinski definition) is 7. The Kier molecular flexibility index (Phi) is 9.81. The number of phenolic OH excluding ortho intramolecular Hbond substituents is 1. The number of rotatable bonds is 9. The van der Waals surface area contributed by atoms with Crippen LogP contribution in [0.4, 0.5) is 32.0 Å². The van der Waals surface area contributed by atoms with Crippen molar-refractivity contribution in [3.63, 3.8) is 0 Å². The molecule has 48 heavy (non-hydrogen) atoms. The third kappa shape index (κ3) is 7.00. The lowest BCUT2D eigenvalue weighted by Gasteiger charge is -2.36. The van der Waals surface area contributed by atoms with E-state index in [1.54, 1.807) is 42.6 Å². The number of benzene rings is 2. The fourth-order valence-electron chi connectivity index (χ4n) is 6.47. The molecule has 2 aromatic carbocycles. The second-order valence-electron chi connectivity index (χ2n) is 11.6. The zero-order valence-corrected chi connectivity index (χ0v) is 25.0. The number of allylic oxidation sites excluding steroid dienone is 1. The number of alkyl halides is 6. The maximum atomic E-state index is 13.7. The zero-order chi connectivity index (χ0) is 35.0. The van der Waals surface area contributed by atoms with Gasteiger partial charge in [-0.3, -0.25) is 14.6 Å². The minimum Gasteiger partial charge on any atom is -0.508 e. The molecule has 254 valence electrons. The average molecular weight is 677 g/mol. The number of aliphatic hydroxyl groups is 3. The molecule has 2 heterocycles. The van der Waals surface area contributed by atoms with Crippen molar-refractivity contribution in [1.29, 1.82) is 0 Å². The second-order valence-corrected chi connectivity index (χ2v) is 11.6. The molecule has 0 bridgehead atoms. The highest BCUT2D eigenvalue weighted by atomic mass is 19.4. The number of imide groups is 1. The van der Waals surface area contributed by atoms with Gasteiger partial charge in [0.2, 0.25) is 11.8 Å². The highest BCUT2D eigenvalue weighted by Gasteiger charge is 2.55. The Morgan fingerprint density at radius 2 is 1.58 bits per heavy atom. The number of phenols is 1. The third-order valence-corrected chi connectivity index (χ3v) is 8.68. The number of hydrogen-bond donors (Lipinski definition) is 4. The molecule has 0 saturated carbocycles. The summed E-state index contributed by atoms with van der Waals surface area (Å²) in [5.41, 5.74) is -2.18. The number of amides is 2. The lowest BCUT2D eigenvalue weighted by molar-refractivity contribution is -0.143. The highest BCUT2D eigenvalue weighted by molar-refractivity contribution is 6.22. The lowest BCUT2D eigenvalue weighted by Crippen LogP contribution is -2.39. The summed E-state index contributed by atoms with van der Waals surface area (Å²) in [5, 5.41) is 41.8. The molecule has 0 radical (unpaired) electrons. The Bertz CT molecular complexity index is 1710. The monoisotopic (exact) mass is 676 g/mol. The van der Waals surface area contributed by atoms with E-state index in [0.29, 0.717) is 16.8 Å². The fraction of sp³-hybridized carbons (Fsp3) is 0.324. The minimum absolute atomic E-state index is 0.0123. The van der Waals surface area contributed by atoms with Crippen LogP contribution in [0.5, 0.6) is 5.75 Å². The summed E-state index contributed by atoms with van der Waals surface area (Å²) in [7, 11) is 0. The van der Waals surface area contributed by atoms with Gasteiger partial charge in [0.1, 0.15) is 5.75 Å². The first-order chi connectivity index (χ1) is 22.6. The van der Waals surface area contributed by atoms with Crippen LogP contribution in [0.15, 0.2) is 78.0 Å². The molecule has 3 aromatic rings. The van der Waals surface area contributed by atoms with Crippen LogP contribution in [0.3, 0.4) is 0 Å². The van der Waals surface area contributed by atoms with Gasteiger partial charge in [0.25, 0.3) is 0 Å². The Hall–Kier alpha value is -4.53. The molecule has 14 heteroatoms. The van der Waals surface area contributed by atoms with E-state index in [0.717, 1.165) is 0 Å². The third-order valence-electron chi connectivity index (χ3n) is 8.68. The topological polar surface area (TPSA) is 131 Å². The molecule has 2 aliphatic rings. The van der Waals surface area contributed by atoms with Gasteiger partial charge >= 0.3 is 12.4 Å². The molecule has 0 spiro atoms. The number of nitrogens with zero attached hydrogens (tertiary/aromatic N) is 2. The largest absolute Gasteiger partial charge is 0.508 e. The lowest BCUT2D eigenvalue weighted by atomic mass is 9.68. The number of aromatic hydroxyl groups is 1. The van der Waals surface area contributed by atoms with Crippen molar-refractivity contribution in [2.75, 3.05) is 18.1 Å². The molecule has 0 unspecified atom stereocenters.